The standard InChI is InChI=1S/C26H31N3O3S.2ClH/c1-15(2)10-22-20(12-27)25(18-8-6-16(3)7-9-18)19(17(4)28-22)11-24(30)29-23-14-33-13-21(23)26(31)32-5;;/h6-9,13-15H,10-12,27H2,1-5H3,(H,29,30);2*1H. The Morgan fingerprint density at radius 3 is 2.31 bits per heavy atom. The molecular formula is C26H33Cl2N3O3S. The average Bonchev–Trinajstić information content (AvgIpc) is 3.23. The number of nitrogens with two attached hydrogens (primary N) is 1. The van der Waals surface area contributed by atoms with Crippen LogP contribution in [0.4, 0.5) is 5.69 Å². The molecule has 0 saturated carbocycles. The van der Waals surface area contributed by atoms with Gasteiger partial charge in [0, 0.05) is 28.7 Å². The molecule has 0 aliphatic heterocycles. The molecule has 2 heterocycles. The van der Waals surface area contributed by atoms with Gasteiger partial charge in [-0.15, -0.1) is 36.2 Å². The molecule has 0 saturated heterocycles. The summed E-state index contributed by atoms with van der Waals surface area (Å²) in [6.07, 6.45) is 0.934. The van der Waals surface area contributed by atoms with Crippen molar-refractivity contribution in [3.63, 3.8) is 0 Å². The minimum Gasteiger partial charge on any atom is -0.465 e. The smallest absolute Gasteiger partial charge is 0.340 e. The Bertz CT molecular complexity index is 1160. The summed E-state index contributed by atoms with van der Waals surface area (Å²) in [6, 6.07) is 8.26. The van der Waals surface area contributed by atoms with E-state index in [1.54, 1.807) is 10.8 Å². The highest BCUT2D eigenvalue weighted by Crippen LogP contribution is 2.33. The molecule has 190 valence electrons. The number of hydrogen-bond acceptors (Lipinski definition) is 6. The molecule has 1 aromatic carbocycles. The summed E-state index contributed by atoms with van der Waals surface area (Å²) < 4.78 is 4.81. The first kappa shape index (κ1) is 30.6. The number of anilines is 1. The van der Waals surface area contributed by atoms with Gasteiger partial charge in [-0.2, -0.15) is 0 Å². The van der Waals surface area contributed by atoms with Gasteiger partial charge < -0.3 is 15.8 Å². The molecule has 3 rings (SSSR count). The first-order chi connectivity index (χ1) is 15.7. The summed E-state index contributed by atoms with van der Waals surface area (Å²) >= 11 is 1.33. The number of esters is 1. The van der Waals surface area contributed by atoms with Crippen molar-refractivity contribution in [2.24, 2.45) is 11.7 Å². The Kier molecular flexibility index (Phi) is 11.9. The number of nitrogens with zero attached hydrogens (tertiary/aromatic N) is 1. The summed E-state index contributed by atoms with van der Waals surface area (Å²) in [5.74, 6) is -0.276. The minimum atomic E-state index is -0.479. The van der Waals surface area contributed by atoms with Gasteiger partial charge in [0.2, 0.25) is 5.91 Å². The van der Waals surface area contributed by atoms with Crippen LogP contribution in [-0.2, 0) is 28.9 Å². The van der Waals surface area contributed by atoms with Crippen LogP contribution >= 0.6 is 36.2 Å². The highest BCUT2D eigenvalue weighted by molar-refractivity contribution is 7.08. The normalized spacial score (nSPS) is 10.4. The number of thiophene rings is 1. The van der Waals surface area contributed by atoms with Crippen molar-refractivity contribution in [3.05, 3.63) is 68.7 Å². The number of rotatable bonds is 8. The number of benzene rings is 1. The number of carbonyl (C=O) groups excluding carboxylic acids is 2. The lowest BCUT2D eigenvalue weighted by Crippen LogP contribution is -2.20. The number of carbonyl (C=O) groups is 2. The number of aromatic nitrogens is 1. The van der Waals surface area contributed by atoms with Crippen molar-refractivity contribution >= 4 is 53.7 Å². The van der Waals surface area contributed by atoms with Crippen molar-refractivity contribution in [1.29, 1.82) is 0 Å². The van der Waals surface area contributed by atoms with Crippen LogP contribution in [0, 0.1) is 19.8 Å². The van der Waals surface area contributed by atoms with Crippen molar-refractivity contribution in [1.82, 2.24) is 4.98 Å². The number of ether oxygens (including phenoxy) is 1. The number of aryl methyl sites for hydroxylation is 2. The molecule has 35 heavy (non-hydrogen) atoms. The molecule has 3 N–H and O–H groups in total. The second-order valence-corrected chi connectivity index (χ2v) is 9.30. The first-order valence-corrected chi connectivity index (χ1v) is 11.9. The van der Waals surface area contributed by atoms with E-state index in [1.807, 2.05) is 13.8 Å². The van der Waals surface area contributed by atoms with Crippen molar-refractivity contribution in [3.8, 4) is 11.1 Å². The maximum atomic E-state index is 13.1. The van der Waals surface area contributed by atoms with E-state index in [-0.39, 0.29) is 37.1 Å². The van der Waals surface area contributed by atoms with Gasteiger partial charge in [0.25, 0.3) is 0 Å². The lowest BCUT2D eigenvalue weighted by molar-refractivity contribution is -0.115. The molecule has 1 amide bonds. The van der Waals surface area contributed by atoms with E-state index >= 15 is 0 Å². The van der Waals surface area contributed by atoms with E-state index in [9.17, 15) is 9.59 Å². The van der Waals surface area contributed by atoms with Crippen molar-refractivity contribution in [2.75, 3.05) is 12.4 Å². The molecular weight excluding hydrogens is 505 g/mol. The van der Waals surface area contributed by atoms with Gasteiger partial charge in [0.05, 0.1) is 24.8 Å². The predicted octanol–water partition coefficient (Wildman–Crippen LogP) is 5.90. The fourth-order valence-corrected chi connectivity index (χ4v) is 4.67. The number of halogens is 2. The third-order valence-corrected chi connectivity index (χ3v) is 6.26. The molecule has 0 atom stereocenters. The maximum Gasteiger partial charge on any atom is 0.340 e. The molecule has 3 aromatic rings. The number of pyridine rings is 1. The summed E-state index contributed by atoms with van der Waals surface area (Å²) in [5, 5.41) is 6.26. The fourth-order valence-electron chi connectivity index (χ4n) is 3.92. The van der Waals surface area contributed by atoms with Gasteiger partial charge >= 0.3 is 5.97 Å². The number of nitrogens with one attached hydrogen (secondary N) is 1. The second kappa shape index (κ2) is 13.6. The first-order valence-electron chi connectivity index (χ1n) is 11.0. The van der Waals surface area contributed by atoms with Gasteiger partial charge in [0.15, 0.2) is 0 Å². The Labute approximate surface area is 223 Å². The molecule has 9 heteroatoms. The zero-order valence-corrected chi connectivity index (χ0v) is 23.1. The van der Waals surface area contributed by atoms with Gasteiger partial charge in [0.1, 0.15) is 0 Å². The number of amides is 1. The van der Waals surface area contributed by atoms with Crippen LogP contribution in [0.1, 0.15) is 52.3 Å². The Hall–Kier alpha value is -2.45. The molecule has 0 fully saturated rings. The lowest BCUT2D eigenvalue weighted by Gasteiger charge is -2.21. The minimum absolute atomic E-state index is 0. The Morgan fingerprint density at radius 1 is 1.09 bits per heavy atom. The van der Waals surface area contributed by atoms with Crippen LogP contribution in [0.3, 0.4) is 0 Å². The monoisotopic (exact) mass is 537 g/mol. The maximum absolute atomic E-state index is 13.1. The van der Waals surface area contributed by atoms with Crippen LogP contribution in [0.2, 0.25) is 0 Å². The quantitative estimate of drug-likeness (QED) is 0.349. The SMILES string of the molecule is COC(=O)c1cscc1NC(=O)Cc1c(C)nc(CC(C)C)c(CN)c1-c1ccc(C)cc1.Cl.Cl. The summed E-state index contributed by atoms with van der Waals surface area (Å²) in [6.45, 7) is 8.64. The van der Waals surface area contributed by atoms with Crippen LogP contribution in [-0.4, -0.2) is 24.0 Å². The topological polar surface area (TPSA) is 94.3 Å². The Morgan fingerprint density at radius 2 is 1.74 bits per heavy atom. The average molecular weight is 539 g/mol. The van der Waals surface area contributed by atoms with E-state index in [0.29, 0.717) is 23.7 Å². The lowest BCUT2D eigenvalue weighted by atomic mass is 9.88. The second-order valence-electron chi connectivity index (χ2n) is 8.56. The summed E-state index contributed by atoms with van der Waals surface area (Å²) in [4.78, 5) is 29.9. The zero-order valence-electron chi connectivity index (χ0n) is 20.6. The van der Waals surface area contributed by atoms with E-state index in [4.69, 9.17) is 15.5 Å². The van der Waals surface area contributed by atoms with Crippen LogP contribution < -0.4 is 11.1 Å². The van der Waals surface area contributed by atoms with Gasteiger partial charge in [-0.25, -0.2) is 4.79 Å². The number of hydrogen-bond donors (Lipinski definition) is 2. The van der Waals surface area contributed by atoms with Crippen LogP contribution in [0.5, 0.6) is 0 Å². The molecule has 0 aliphatic carbocycles. The molecule has 6 nitrogen and oxygen atoms in total. The van der Waals surface area contributed by atoms with Gasteiger partial charge in [-0.3, -0.25) is 9.78 Å². The Balaban J connectivity index is 0.00000306. The van der Waals surface area contributed by atoms with Gasteiger partial charge in [-0.05, 0) is 48.4 Å². The third kappa shape index (κ3) is 7.27. The predicted molar refractivity (Wildman–Crippen MR) is 148 cm³/mol. The zero-order chi connectivity index (χ0) is 24.1. The third-order valence-electron chi connectivity index (χ3n) is 5.52. The molecule has 0 radical (unpaired) electrons. The van der Waals surface area contributed by atoms with Crippen molar-refractivity contribution < 1.29 is 14.3 Å². The highest BCUT2D eigenvalue weighted by atomic mass is 35.5. The molecule has 0 spiro atoms. The molecule has 2 aromatic heterocycles. The molecule has 0 aliphatic rings. The van der Waals surface area contributed by atoms with E-state index in [1.165, 1.54) is 18.4 Å². The summed E-state index contributed by atoms with van der Waals surface area (Å²) in [7, 11) is 1.32. The fraction of sp³-hybridized carbons (Fsp3) is 0.346. The summed E-state index contributed by atoms with van der Waals surface area (Å²) in [5.41, 5.74) is 13.8. The molecule has 0 unspecified atom stereocenters. The van der Waals surface area contributed by atoms with Crippen LogP contribution in [0.25, 0.3) is 11.1 Å². The number of methoxy groups -OCH3 is 1. The van der Waals surface area contributed by atoms with Crippen LogP contribution in [0.15, 0.2) is 35.0 Å². The largest absolute Gasteiger partial charge is 0.465 e. The van der Waals surface area contributed by atoms with Crippen molar-refractivity contribution in [2.45, 2.75) is 47.1 Å². The van der Waals surface area contributed by atoms with E-state index < -0.39 is 5.97 Å². The van der Waals surface area contributed by atoms with E-state index in [0.717, 1.165) is 45.6 Å². The van der Waals surface area contributed by atoms with Gasteiger partial charge in [-0.1, -0.05) is 43.7 Å². The van der Waals surface area contributed by atoms with E-state index in [2.05, 4.69) is 43.4 Å². The highest BCUT2D eigenvalue weighted by Gasteiger charge is 2.22. The molecule has 0 bridgehead atoms.